The summed E-state index contributed by atoms with van der Waals surface area (Å²) >= 11 is 0. The van der Waals surface area contributed by atoms with E-state index >= 15 is 0 Å². The largest absolute Gasteiger partial charge is 0.489 e. The van der Waals surface area contributed by atoms with Crippen LogP contribution in [0.2, 0.25) is 0 Å². The Morgan fingerprint density at radius 1 is 1.00 bits per heavy atom. The lowest BCUT2D eigenvalue weighted by Gasteiger charge is -2.25. The zero-order chi connectivity index (χ0) is 18.0. The molecule has 2 heterocycles. The molecule has 0 atom stereocenters. The summed E-state index contributed by atoms with van der Waals surface area (Å²) in [5, 5.41) is 0. The van der Waals surface area contributed by atoms with E-state index in [0.717, 1.165) is 16.9 Å². The van der Waals surface area contributed by atoms with Crippen molar-refractivity contribution >= 4 is 10.0 Å². The van der Waals surface area contributed by atoms with Crippen molar-refractivity contribution in [2.45, 2.75) is 24.5 Å². The van der Waals surface area contributed by atoms with E-state index in [9.17, 15) is 8.42 Å². The summed E-state index contributed by atoms with van der Waals surface area (Å²) in [5.41, 5.74) is 2.15. The summed E-state index contributed by atoms with van der Waals surface area (Å²) in [6.07, 6.45) is 2.28. The van der Waals surface area contributed by atoms with Crippen LogP contribution in [0.5, 0.6) is 5.75 Å². The molecule has 4 rings (SSSR count). The van der Waals surface area contributed by atoms with Gasteiger partial charge in [-0.3, -0.25) is 0 Å². The molecule has 0 saturated heterocycles. The van der Waals surface area contributed by atoms with Crippen LogP contribution in [0, 0.1) is 0 Å². The lowest BCUT2D eigenvalue weighted by Crippen LogP contribution is -2.35. The molecule has 0 fully saturated rings. The number of benzene rings is 2. The van der Waals surface area contributed by atoms with Gasteiger partial charge < -0.3 is 9.15 Å². The highest BCUT2D eigenvalue weighted by Crippen LogP contribution is 2.26. The van der Waals surface area contributed by atoms with Gasteiger partial charge in [-0.1, -0.05) is 30.3 Å². The minimum Gasteiger partial charge on any atom is -0.489 e. The second-order valence-corrected chi connectivity index (χ2v) is 8.14. The van der Waals surface area contributed by atoms with Crippen LogP contribution in [0.3, 0.4) is 0 Å². The summed E-state index contributed by atoms with van der Waals surface area (Å²) in [7, 11) is -3.55. The number of sulfonamides is 1. The molecular formula is C20H19NO4S. The Bertz CT molecular complexity index is 978. The molecule has 26 heavy (non-hydrogen) atoms. The van der Waals surface area contributed by atoms with Crippen molar-refractivity contribution in [3.05, 3.63) is 83.8 Å². The predicted molar refractivity (Wildman–Crippen MR) is 97.2 cm³/mol. The van der Waals surface area contributed by atoms with Gasteiger partial charge in [0.25, 0.3) is 0 Å². The van der Waals surface area contributed by atoms with Crippen LogP contribution in [0.25, 0.3) is 0 Å². The first-order valence-corrected chi connectivity index (χ1v) is 9.89. The van der Waals surface area contributed by atoms with Gasteiger partial charge in [0, 0.05) is 6.54 Å². The van der Waals surface area contributed by atoms with Gasteiger partial charge in [0.05, 0.1) is 17.7 Å². The second-order valence-electron chi connectivity index (χ2n) is 6.20. The Morgan fingerprint density at radius 3 is 2.54 bits per heavy atom. The van der Waals surface area contributed by atoms with Crippen molar-refractivity contribution in [2.75, 3.05) is 6.54 Å². The Kier molecular flexibility index (Phi) is 4.53. The molecule has 0 spiro atoms. The third-order valence-corrected chi connectivity index (χ3v) is 6.36. The molecule has 0 aliphatic carbocycles. The average molecular weight is 369 g/mol. The minimum atomic E-state index is -3.55. The highest BCUT2D eigenvalue weighted by molar-refractivity contribution is 7.89. The molecule has 1 aliphatic heterocycles. The van der Waals surface area contributed by atoms with Crippen LogP contribution in [0.4, 0.5) is 0 Å². The van der Waals surface area contributed by atoms with Crippen LogP contribution < -0.4 is 4.74 Å². The van der Waals surface area contributed by atoms with Gasteiger partial charge in [-0.2, -0.15) is 4.31 Å². The van der Waals surface area contributed by atoms with Crippen molar-refractivity contribution in [3.8, 4) is 5.75 Å². The Balaban J connectivity index is 1.46. The molecule has 1 aromatic heterocycles. The van der Waals surface area contributed by atoms with Crippen molar-refractivity contribution in [1.82, 2.24) is 4.31 Å². The summed E-state index contributed by atoms with van der Waals surface area (Å²) < 4.78 is 38.3. The summed E-state index contributed by atoms with van der Waals surface area (Å²) in [5.74, 6) is 1.36. The normalized spacial score (nSPS) is 14.8. The number of fused-ring (bicyclic) bond motifs is 1. The van der Waals surface area contributed by atoms with Crippen molar-refractivity contribution < 1.29 is 17.6 Å². The molecule has 5 nitrogen and oxygen atoms in total. The molecule has 6 heteroatoms. The van der Waals surface area contributed by atoms with E-state index in [2.05, 4.69) is 0 Å². The van der Waals surface area contributed by atoms with Gasteiger partial charge in [-0.05, 0) is 47.9 Å². The van der Waals surface area contributed by atoms with Crippen LogP contribution in [-0.4, -0.2) is 19.3 Å². The maximum atomic E-state index is 12.9. The topological polar surface area (TPSA) is 59.8 Å². The fourth-order valence-electron chi connectivity index (χ4n) is 3.02. The number of rotatable bonds is 5. The first-order valence-electron chi connectivity index (χ1n) is 8.45. The Labute approximate surface area is 152 Å². The SMILES string of the molecule is O=S(=O)(c1ccc(OCc2ccccc2)cc1)N1CCc2ccoc2C1. The molecule has 0 amide bonds. The molecule has 0 radical (unpaired) electrons. The minimum absolute atomic E-state index is 0.263. The number of ether oxygens (including phenoxy) is 1. The van der Waals surface area contributed by atoms with Crippen molar-refractivity contribution in [1.29, 1.82) is 0 Å². The molecule has 134 valence electrons. The second kappa shape index (κ2) is 6.97. The van der Waals surface area contributed by atoms with E-state index < -0.39 is 10.0 Å². The number of furan rings is 1. The maximum absolute atomic E-state index is 12.9. The summed E-state index contributed by atoms with van der Waals surface area (Å²) in [4.78, 5) is 0.263. The van der Waals surface area contributed by atoms with E-state index in [-0.39, 0.29) is 11.4 Å². The standard InChI is InChI=1S/C20H19NO4S/c22-26(23,21-12-10-17-11-13-24-20(17)14-21)19-8-6-18(7-9-19)25-15-16-4-2-1-3-5-16/h1-9,11,13H,10,12,14-15H2. The van der Waals surface area contributed by atoms with E-state index in [1.165, 1.54) is 4.31 Å². The monoisotopic (exact) mass is 369 g/mol. The molecule has 0 bridgehead atoms. The Morgan fingerprint density at radius 2 is 1.77 bits per heavy atom. The molecular weight excluding hydrogens is 350 g/mol. The lowest BCUT2D eigenvalue weighted by atomic mass is 10.1. The van der Waals surface area contributed by atoms with Gasteiger partial charge in [-0.15, -0.1) is 0 Å². The van der Waals surface area contributed by atoms with Gasteiger partial charge in [0.15, 0.2) is 0 Å². The van der Waals surface area contributed by atoms with Gasteiger partial charge >= 0.3 is 0 Å². The first kappa shape index (κ1) is 16.9. The maximum Gasteiger partial charge on any atom is 0.243 e. The van der Waals surface area contributed by atoms with Crippen LogP contribution >= 0.6 is 0 Å². The van der Waals surface area contributed by atoms with Crippen molar-refractivity contribution in [3.63, 3.8) is 0 Å². The van der Waals surface area contributed by atoms with E-state index in [1.54, 1.807) is 30.5 Å². The predicted octanol–water partition coefficient (Wildman–Crippen LogP) is 3.61. The lowest BCUT2D eigenvalue weighted by molar-refractivity contribution is 0.306. The summed E-state index contributed by atoms with van der Waals surface area (Å²) in [6, 6.07) is 18.3. The average Bonchev–Trinajstić information content (AvgIpc) is 3.15. The quantitative estimate of drug-likeness (QED) is 0.689. The van der Waals surface area contributed by atoms with E-state index in [0.29, 0.717) is 25.3 Å². The van der Waals surface area contributed by atoms with Gasteiger partial charge in [-0.25, -0.2) is 8.42 Å². The van der Waals surface area contributed by atoms with Crippen molar-refractivity contribution in [2.24, 2.45) is 0 Å². The van der Waals surface area contributed by atoms with E-state index in [4.69, 9.17) is 9.15 Å². The third-order valence-electron chi connectivity index (χ3n) is 4.50. The summed E-state index contributed by atoms with van der Waals surface area (Å²) in [6.45, 7) is 1.18. The number of hydrogen-bond donors (Lipinski definition) is 0. The number of nitrogens with zero attached hydrogens (tertiary/aromatic N) is 1. The molecule has 1 aliphatic rings. The molecule has 2 aromatic carbocycles. The highest BCUT2D eigenvalue weighted by Gasteiger charge is 2.29. The zero-order valence-electron chi connectivity index (χ0n) is 14.2. The van der Waals surface area contributed by atoms with Crippen LogP contribution in [-0.2, 0) is 29.6 Å². The smallest absolute Gasteiger partial charge is 0.243 e. The molecule has 0 unspecified atom stereocenters. The fraction of sp³-hybridized carbons (Fsp3) is 0.200. The van der Waals surface area contributed by atoms with Crippen LogP contribution in [0.15, 0.2) is 76.2 Å². The molecule has 0 N–H and O–H groups in total. The Hall–Kier alpha value is -2.57. The number of hydrogen-bond acceptors (Lipinski definition) is 4. The third kappa shape index (κ3) is 3.38. The first-order chi connectivity index (χ1) is 12.6. The zero-order valence-corrected chi connectivity index (χ0v) is 15.0. The molecule has 3 aromatic rings. The highest BCUT2D eigenvalue weighted by atomic mass is 32.2. The molecule has 0 saturated carbocycles. The van der Waals surface area contributed by atoms with Crippen LogP contribution in [0.1, 0.15) is 16.9 Å². The van der Waals surface area contributed by atoms with Gasteiger partial charge in [0.2, 0.25) is 10.0 Å². The van der Waals surface area contributed by atoms with Gasteiger partial charge in [0.1, 0.15) is 18.1 Å². The van der Waals surface area contributed by atoms with E-state index in [1.807, 2.05) is 36.4 Å². The fourth-order valence-corrected chi connectivity index (χ4v) is 4.41.